The number of hydrogen-bond acceptors (Lipinski definition) is 3. The lowest BCUT2D eigenvalue weighted by Gasteiger charge is -2.07. The third-order valence-electron chi connectivity index (χ3n) is 3.58. The highest BCUT2D eigenvalue weighted by molar-refractivity contribution is 9.11. The van der Waals surface area contributed by atoms with Gasteiger partial charge in [-0.2, -0.15) is 0 Å². The summed E-state index contributed by atoms with van der Waals surface area (Å²) in [6.07, 6.45) is 0. The van der Waals surface area contributed by atoms with E-state index in [-0.39, 0.29) is 4.90 Å². The van der Waals surface area contributed by atoms with Gasteiger partial charge in [0.15, 0.2) is 0 Å². The van der Waals surface area contributed by atoms with Crippen LogP contribution in [0, 0.1) is 6.92 Å². The van der Waals surface area contributed by atoms with E-state index in [2.05, 4.69) is 52.5 Å². The first-order valence-electron chi connectivity index (χ1n) is 6.83. The number of aryl methyl sites for hydroxylation is 1. The lowest BCUT2D eigenvalue weighted by molar-refractivity contribution is 0.598. The summed E-state index contributed by atoms with van der Waals surface area (Å²) in [5.41, 5.74) is 5.45. The molecule has 2 aromatic carbocycles. The predicted octanol–water partition coefficient (Wildman–Crippen LogP) is 4.80. The van der Waals surface area contributed by atoms with Crippen LogP contribution in [-0.2, 0) is 10.0 Å². The minimum atomic E-state index is -3.67. The fourth-order valence-corrected chi connectivity index (χ4v) is 4.42. The van der Waals surface area contributed by atoms with Crippen molar-refractivity contribution in [2.75, 3.05) is 0 Å². The van der Waals surface area contributed by atoms with Crippen molar-refractivity contribution >= 4 is 37.3 Å². The molecule has 1 aromatic heterocycles. The van der Waals surface area contributed by atoms with E-state index in [1.165, 1.54) is 17.7 Å². The number of hydrogen-bond donors (Lipinski definition) is 1. The van der Waals surface area contributed by atoms with Gasteiger partial charge in [0, 0.05) is 16.5 Å². The van der Waals surface area contributed by atoms with Crippen LogP contribution in [0.2, 0.25) is 0 Å². The molecule has 3 aromatic rings. The maximum atomic E-state index is 11.4. The zero-order chi connectivity index (χ0) is 16.6. The predicted molar refractivity (Wildman–Crippen MR) is 99.0 cm³/mol. The van der Waals surface area contributed by atoms with Gasteiger partial charge in [0.05, 0.1) is 8.68 Å². The Morgan fingerprint density at radius 1 is 0.957 bits per heavy atom. The van der Waals surface area contributed by atoms with E-state index in [0.29, 0.717) is 0 Å². The Morgan fingerprint density at radius 2 is 1.52 bits per heavy atom. The Balaban J connectivity index is 2.10. The van der Waals surface area contributed by atoms with Crippen LogP contribution in [0.4, 0.5) is 0 Å². The summed E-state index contributed by atoms with van der Waals surface area (Å²) in [4.78, 5) is 0.118. The third kappa shape index (κ3) is 3.40. The van der Waals surface area contributed by atoms with E-state index in [1.807, 2.05) is 0 Å². The molecule has 1 heterocycles. The first-order chi connectivity index (χ1) is 10.9. The molecule has 6 heteroatoms. The van der Waals surface area contributed by atoms with Gasteiger partial charge in [0.25, 0.3) is 0 Å². The summed E-state index contributed by atoms with van der Waals surface area (Å²) in [5.74, 6) is 0. The van der Waals surface area contributed by atoms with Crippen LogP contribution in [-0.4, -0.2) is 8.42 Å². The molecule has 3 rings (SSSR count). The van der Waals surface area contributed by atoms with Crippen LogP contribution >= 0.6 is 27.3 Å². The second-order valence-electron chi connectivity index (χ2n) is 5.23. The zero-order valence-corrected chi connectivity index (χ0v) is 15.5. The third-order valence-corrected chi connectivity index (χ3v) is 6.23. The highest BCUT2D eigenvalue weighted by Crippen LogP contribution is 2.42. The number of halogens is 1. The number of rotatable bonds is 3. The summed E-state index contributed by atoms with van der Waals surface area (Å²) in [6.45, 7) is 2.05. The molecule has 0 saturated heterocycles. The van der Waals surface area contributed by atoms with Crippen molar-refractivity contribution in [3.63, 3.8) is 0 Å². The Labute approximate surface area is 148 Å². The Bertz CT molecular complexity index is 943. The summed E-state index contributed by atoms with van der Waals surface area (Å²) < 4.78 is 23.8. The van der Waals surface area contributed by atoms with Gasteiger partial charge in [-0.25, -0.2) is 13.6 Å². The average molecular weight is 408 g/mol. The molecule has 0 aliphatic carbocycles. The molecule has 0 amide bonds. The van der Waals surface area contributed by atoms with Gasteiger partial charge in [0.2, 0.25) is 10.0 Å². The maximum Gasteiger partial charge on any atom is 0.238 e. The number of nitrogens with two attached hydrogens (primary N) is 1. The quantitative estimate of drug-likeness (QED) is 0.677. The lowest BCUT2D eigenvalue weighted by atomic mass is 9.98. The fraction of sp³-hybridized carbons (Fsp3) is 0.0588. The largest absolute Gasteiger partial charge is 0.238 e. The molecule has 0 atom stereocenters. The number of thiophene rings is 1. The molecule has 118 valence electrons. The topological polar surface area (TPSA) is 60.2 Å². The van der Waals surface area contributed by atoms with Crippen molar-refractivity contribution in [2.45, 2.75) is 11.8 Å². The minimum absolute atomic E-state index is 0.118. The molecule has 0 spiro atoms. The van der Waals surface area contributed by atoms with Gasteiger partial charge in [-0.15, -0.1) is 11.3 Å². The molecule has 0 saturated carbocycles. The van der Waals surface area contributed by atoms with Gasteiger partial charge >= 0.3 is 0 Å². The van der Waals surface area contributed by atoms with Crippen molar-refractivity contribution < 1.29 is 8.42 Å². The van der Waals surface area contributed by atoms with E-state index in [9.17, 15) is 8.42 Å². The van der Waals surface area contributed by atoms with Crippen LogP contribution in [0.25, 0.3) is 22.3 Å². The van der Waals surface area contributed by atoms with E-state index in [0.717, 1.165) is 26.0 Å². The highest BCUT2D eigenvalue weighted by atomic mass is 79.9. The van der Waals surface area contributed by atoms with E-state index in [1.54, 1.807) is 23.5 Å². The molecule has 0 unspecified atom stereocenters. The average Bonchev–Trinajstić information content (AvgIpc) is 2.89. The smallest absolute Gasteiger partial charge is 0.225 e. The summed E-state index contributed by atoms with van der Waals surface area (Å²) in [7, 11) is -3.67. The van der Waals surface area contributed by atoms with Crippen LogP contribution in [0.15, 0.2) is 62.6 Å². The molecule has 0 aliphatic heterocycles. The molecule has 0 radical (unpaired) electrons. The summed E-state index contributed by atoms with van der Waals surface area (Å²) >= 11 is 5.23. The Hall–Kier alpha value is -1.47. The van der Waals surface area contributed by atoms with Crippen LogP contribution in [0.5, 0.6) is 0 Å². The highest BCUT2D eigenvalue weighted by Gasteiger charge is 2.15. The van der Waals surface area contributed by atoms with E-state index in [4.69, 9.17) is 5.14 Å². The van der Waals surface area contributed by atoms with Gasteiger partial charge in [-0.05, 0) is 46.1 Å². The number of primary sulfonamides is 1. The lowest BCUT2D eigenvalue weighted by Crippen LogP contribution is -2.11. The summed E-state index contributed by atoms with van der Waals surface area (Å²) in [5, 5.41) is 7.21. The van der Waals surface area contributed by atoms with Crippen molar-refractivity contribution in [1.82, 2.24) is 0 Å². The summed E-state index contributed by atoms with van der Waals surface area (Å²) in [6, 6.07) is 15.0. The van der Waals surface area contributed by atoms with Crippen LogP contribution in [0.3, 0.4) is 0 Å². The van der Waals surface area contributed by atoms with Crippen LogP contribution in [0.1, 0.15) is 5.56 Å². The second-order valence-corrected chi connectivity index (χ2v) is 8.99. The molecular formula is C17H14BrNO2S2. The van der Waals surface area contributed by atoms with Gasteiger partial charge < -0.3 is 0 Å². The van der Waals surface area contributed by atoms with Crippen molar-refractivity contribution in [3.8, 4) is 22.3 Å². The Kier molecular flexibility index (Phi) is 4.42. The number of benzene rings is 2. The minimum Gasteiger partial charge on any atom is -0.225 e. The van der Waals surface area contributed by atoms with Crippen molar-refractivity contribution in [1.29, 1.82) is 0 Å². The molecule has 2 N–H and O–H groups in total. The van der Waals surface area contributed by atoms with E-state index < -0.39 is 10.0 Å². The monoisotopic (exact) mass is 407 g/mol. The number of sulfonamides is 1. The van der Waals surface area contributed by atoms with Crippen molar-refractivity contribution in [2.24, 2.45) is 5.14 Å². The normalized spacial score (nSPS) is 11.6. The second kappa shape index (κ2) is 6.20. The molecule has 23 heavy (non-hydrogen) atoms. The molecule has 0 bridgehead atoms. The van der Waals surface area contributed by atoms with Crippen molar-refractivity contribution in [3.05, 3.63) is 63.3 Å². The van der Waals surface area contributed by atoms with Crippen LogP contribution < -0.4 is 5.14 Å². The fourth-order valence-electron chi connectivity index (χ4n) is 2.36. The van der Waals surface area contributed by atoms with E-state index >= 15 is 0 Å². The zero-order valence-electron chi connectivity index (χ0n) is 12.3. The Morgan fingerprint density at radius 3 is 2.09 bits per heavy atom. The molecule has 0 aliphatic rings. The molecule has 0 fully saturated rings. The molecular weight excluding hydrogens is 394 g/mol. The first-order valence-corrected chi connectivity index (χ1v) is 10.1. The van der Waals surface area contributed by atoms with Gasteiger partial charge in [-0.3, -0.25) is 0 Å². The first kappa shape index (κ1) is 16.4. The molecule has 3 nitrogen and oxygen atoms in total. The standard InChI is InChI=1S/C17H14BrNO2S2/c1-11-2-4-13(5-3-11)16-15(10-22-17(16)18)12-6-8-14(9-7-12)23(19,20)21/h2-10H,1H3,(H2,19,20,21). The maximum absolute atomic E-state index is 11.4. The SMILES string of the molecule is Cc1ccc(-c2c(-c3ccc(S(N)(=O)=O)cc3)csc2Br)cc1. The van der Waals surface area contributed by atoms with Gasteiger partial charge in [-0.1, -0.05) is 42.0 Å². The van der Waals surface area contributed by atoms with Gasteiger partial charge in [0.1, 0.15) is 0 Å².